The minimum Gasteiger partial charge on any atom is -0.396 e. The lowest BCUT2D eigenvalue weighted by Crippen LogP contribution is -2.34. The molecule has 0 aliphatic carbocycles. The van der Waals surface area contributed by atoms with Gasteiger partial charge in [-0.05, 0) is 44.0 Å². The van der Waals surface area contributed by atoms with Crippen LogP contribution >= 0.6 is 15.9 Å². The summed E-state index contributed by atoms with van der Waals surface area (Å²) in [6.07, 6.45) is 1.62. The van der Waals surface area contributed by atoms with Gasteiger partial charge in [-0.15, -0.1) is 0 Å². The number of halogens is 1. The van der Waals surface area contributed by atoms with Crippen LogP contribution in [-0.2, 0) is 4.79 Å². The summed E-state index contributed by atoms with van der Waals surface area (Å²) in [4.78, 5) is 11.6. The molecule has 3 N–H and O–H groups in total. The first-order chi connectivity index (χ1) is 8.61. The second-order valence-corrected chi connectivity index (χ2v) is 5.12. The summed E-state index contributed by atoms with van der Waals surface area (Å²) in [7, 11) is 0. The third-order valence-corrected chi connectivity index (χ3v) is 3.06. The SMILES string of the molecule is CC(CCCO)NCC(=O)Nc1ccc(Br)cc1. The molecule has 4 nitrogen and oxygen atoms in total. The summed E-state index contributed by atoms with van der Waals surface area (Å²) in [5.41, 5.74) is 0.785. The molecule has 0 aliphatic heterocycles. The van der Waals surface area contributed by atoms with E-state index in [9.17, 15) is 4.79 Å². The Hall–Kier alpha value is -0.910. The van der Waals surface area contributed by atoms with Gasteiger partial charge in [0.1, 0.15) is 0 Å². The van der Waals surface area contributed by atoms with Crippen LogP contribution < -0.4 is 10.6 Å². The van der Waals surface area contributed by atoms with Crippen LogP contribution in [0.3, 0.4) is 0 Å². The van der Waals surface area contributed by atoms with Gasteiger partial charge in [0.25, 0.3) is 0 Å². The van der Waals surface area contributed by atoms with Gasteiger partial charge in [0.15, 0.2) is 0 Å². The normalized spacial score (nSPS) is 12.2. The lowest BCUT2D eigenvalue weighted by atomic mass is 10.2. The van der Waals surface area contributed by atoms with E-state index in [4.69, 9.17) is 5.11 Å². The minimum atomic E-state index is -0.0619. The molecule has 0 spiro atoms. The van der Waals surface area contributed by atoms with Gasteiger partial charge in [0.05, 0.1) is 6.54 Å². The number of benzene rings is 1. The second-order valence-electron chi connectivity index (χ2n) is 4.20. The quantitative estimate of drug-likeness (QED) is 0.722. The fourth-order valence-electron chi connectivity index (χ4n) is 1.50. The van der Waals surface area contributed by atoms with Crippen molar-refractivity contribution in [3.8, 4) is 0 Å². The maximum Gasteiger partial charge on any atom is 0.238 e. The fourth-order valence-corrected chi connectivity index (χ4v) is 1.77. The number of hydrogen-bond acceptors (Lipinski definition) is 3. The number of amides is 1. The Balaban J connectivity index is 2.27. The molecule has 0 aliphatic rings. The monoisotopic (exact) mass is 314 g/mol. The van der Waals surface area contributed by atoms with E-state index >= 15 is 0 Å². The lowest BCUT2D eigenvalue weighted by Gasteiger charge is -2.13. The van der Waals surface area contributed by atoms with Crippen LogP contribution in [0.25, 0.3) is 0 Å². The number of hydrogen-bond donors (Lipinski definition) is 3. The van der Waals surface area contributed by atoms with Crippen molar-refractivity contribution in [1.82, 2.24) is 5.32 Å². The molecule has 18 heavy (non-hydrogen) atoms. The third-order valence-electron chi connectivity index (χ3n) is 2.53. The molecule has 100 valence electrons. The van der Waals surface area contributed by atoms with Crippen LogP contribution in [0, 0.1) is 0 Å². The molecule has 5 heteroatoms. The Kier molecular flexibility index (Phi) is 6.93. The summed E-state index contributed by atoms with van der Waals surface area (Å²) in [5, 5.41) is 14.6. The van der Waals surface area contributed by atoms with Crippen LogP contribution in [0.1, 0.15) is 19.8 Å². The van der Waals surface area contributed by atoms with E-state index in [1.54, 1.807) is 0 Å². The maximum atomic E-state index is 11.6. The van der Waals surface area contributed by atoms with Crippen molar-refractivity contribution in [1.29, 1.82) is 0 Å². The minimum absolute atomic E-state index is 0.0619. The van der Waals surface area contributed by atoms with E-state index in [-0.39, 0.29) is 25.1 Å². The number of aliphatic hydroxyl groups excluding tert-OH is 1. The van der Waals surface area contributed by atoms with E-state index in [1.165, 1.54) is 0 Å². The van der Waals surface area contributed by atoms with Gasteiger partial charge >= 0.3 is 0 Å². The van der Waals surface area contributed by atoms with Gasteiger partial charge in [-0.25, -0.2) is 0 Å². The average Bonchev–Trinajstić information content (AvgIpc) is 2.36. The summed E-state index contributed by atoms with van der Waals surface area (Å²) < 4.78 is 0.983. The van der Waals surface area contributed by atoms with E-state index in [0.717, 1.165) is 23.0 Å². The number of anilines is 1. The summed E-state index contributed by atoms with van der Waals surface area (Å²) in [5.74, 6) is -0.0619. The Morgan fingerprint density at radius 2 is 2.06 bits per heavy atom. The van der Waals surface area contributed by atoms with Gasteiger partial charge in [-0.3, -0.25) is 4.79 Å². The number of carbonyl (C=O) groups is 1. The van der Waals surface area contributed by atoms with E-state index < -0.39 is 0 Å². The average molecular weight is 315 g/mol. The van der Waals surface area contributed by atoms with Crippen molar-refractivity contribution < 1.29 is 9.90 Å². The molecule has 1 amide bonds. The Labute approximate surface area is 116 Å². The second kappa shape index (κ2) is 8.24. The molecule has 1 unspecified atom stereocenters. The highest BCUT2D eigenvalue weighted by molar-refractivity contribution is 9.10. The van der Waals surface area contributed by atoms with Crippen molar-refractivity contribution in [2.45, 2.75) is 25.8 Å². The lowest BCUT2D eigenvalue weighted by molar-refractivity contribution is -0.115. The molecular formula is C13H19BrN2O2. The highest BCUT2D eigenvalue weighted by atomic mass is 79.9. The molecule has 1 rings (SSSR count). The number of nitrogens with one attached hydrogen (secondary N) is 2. The first kappa shape index (κ1) is 15.1. The van der Waals surface area contributed by atoms with Crippen LogP contribution in [0.4, 0.5) is 5.69 Å². The Morgan fingerprint density at radius 3 is 2.67 bits per heavy atom. The molecule has 0 saturated carbocycles. The molecule has 1 aromatic carbocycles. The standard InChI is InChI=1S/C13H19BrN2O2/c1-10(3-2-8-17)15-9-13(18)16-12-6-4-11(14)5-7-12/h4-7,10,15,17H,2-3,8-9H2,1H3,(H,16,18). The van der Waals surface area contributed by atoms with Crippen LogP contribution in [0.15, 0.2) is 28.7 Å². The number of carbonyl (C=O) groups excluding carboxylic acids is 1. The Morgan fingerprint density at radius 1 is 1.39 bits per heavy atom. The van der Waals surface area contributed by atoms with Crippen molar-refractivity contribution in [2.75, 3.05) is 18.5 Å². The van der Waals surface area contributed by atoms with E-state index in [2.05, 4.69) is 26.6 Å². The predicted octanol–water partition coefficient (Wildman–Crippen LogP) is 2.14. The predicted molar refractivity (Wildman–Crippen MR) is 76.6 cm³/mol. The zero-order valence-electron chi connectivity index (χ0n) is 10.4. The van der Waals surface area contributed by atoms with Crippen LogP contribution in [-0.4, -0.2) is 30.2 Å². The fraction of sp³-hybridized carbons (Fsp3) is 0.462. The van der Waals surface area contributed by atoms with Gasteiger partial charge < -0.3 is 15.7 Å². The molecule has 1 atom stereocenters. The molecule has 1 aromatic rings. The molecule has 0 radical (unpaired) electrons. The third kappa shape index (κ3) is 6.14. The van der Waals surface area contributed by atoms with Crippen LogP contribution in [0.5, 0.6) is 0 Å². The van der Waals surface area contributed by atoms with Crippen molar-refractivity contribution in [3.63, 3.8) is 0 Å². The van der Waals surface area contributed by atoms with E-state index in [0.29, 0.717) is 0 Å². The van der Waals surface area contributed by atoms with Crippen molar-refractivity contribution >= 4 is 27.5 Å². The molecule has 0 heterocycles. The summed E-state index contributed by atoms with van der Waals surface area (Å²) in [6, 6.07) is 7.68. The summed E-state index contributed by atoms with van der Waals surface area (Å²) >= 11 is 3.34. The smallest absolute Gasteiger partial charge is 0.238 e. The van der Waals surface area contributed by atoms with Crippen molar-refractivity contribution in [2.24, 2.45) is 0 Å². The van der Waals surface area contributed by atoms with Gasteiger partial charge in [-0.1, -0.05) is 15.9 Å². The van der Waals surface area contributed by atoms with Gasteiger partial charge in [0, 0.05) is 22.8 Å². The molecule has 0 aromatic heterocycles. The highest BCUT2D eigenvalue weighted by Crippen LogP contribution is 2.13. The van der Waals surface area contributed by atoms with E-state index in [1.807, 2.05) is 31.2 Å². The molecule has 0 bridgehead atoms. The largest absolute Gasteiger partial charge is 0.396 e. The zero-order valence-corrected chi connectivity index (χ0v) is 12.0. The molecular weight excluding hydrogens is 296 g/mol. The number of aliphatic hydroxyl groups is 1. The van der Waals surface area contributed by atoms with Crippen LogP contribution in [0.2, 0.25) is 0 Å². The first-order valence-corrected chi connectivity index (χ1v) is 6.81. The maximum absolute atomic E-state index is 11.6. The number of rotatable bonds is 7. The Bertz CT molecular complexity index is 368. The highest BCUT2D eigenvalue weighted by Gasteiger charge is 2.05. The van der Waals surface area contributed by atoms with Crippen molar-refractivity contribution in [3.05, 3.63) is 28.7 Å². The summed E-state index contributed by atoms with van der Waals surface area (Å²) in [6.45, 7) is 2.47. The first-order valence-electron chi connectivity index (χ1n) is 6.01. The molecule has 0 saturated heterocycles. The topological polar surface area (TPSA) is 61.4 Å². The van der Waals surface area contributed by atoms with Gasteiger partial charge in [-0.2, -0.15) is 0 Å². The van der Waals surface area contributed by atoms with Gasteiger partial charge in [0.2, 0.25) is 5.91 Å². The molecule has 0 fully saturated rings. The zero-order chi connectivity index (χ0) is 13.4.